The van der Waals surface area contributed by atoms with Crippen molar-refractivity contribution in [3.63, 3.8) is 0 Å². The van der Waals surface area contributed by atoms with E-state index in [2.05, 4.69) is 23.7 Å². The molecule has 1 unspecified atom stereocenters. The summed E-state index contributed by atoms with van der Waals surface area (Å²) in [6.45, 7) is 10.5. The first-order valence-electron chi connectivity index (χ1n) is 12.7. The van der Waals surface area contributed by atoms with Crippen molar-refractivity contribution >= 4 is 23.1 Å². The van der Waals surface area contributed by atoms with Crippen LogP contribution < -0.4 is 9.64 Å². The lowest BCUT2D eigenvalue weighted by molar-refractivity contribution is -0.140. The normalized spacial score (nSPS) is 16.8. The third-order valence-corrected chi connectivity index (χ3v) is 6.73. The van der Waals surface area contributed by atoms with Crippen molar-refractivity contribution in [2.45, 2.75) is 40.3 Å². The molecule has 2 heterocycles. The summed E-state index contributed by atoms with van der Waals surface area (Å²) in [6, 6.07) is 16.0. The molecule has 1 aliphatic heterocycles. The minimum Gasteiger partial charge on any atom is -0.507 e. The third-order valence-electron chi connectivity index (χ3n) is 6.73. The first-order valence-corrected chi connectivity index (χ1v) is 12.7. The van der Waals surface area contributed by atoms with Crippen molar-refractivity contribution in [1.82, 2.24) is 9.88 Å². The van der Waals surface area contributed by atoms with Gasteiger partial charge >= 0.3 is 0 Å². The second kappa shape index (κ2) is 11.3. The van der Waals surface area contributed by atoms with Gasteiger partial charge in [-0.15, -0.1) is 0 Å². The zero-order valence-electron chi connectivity index (χ0n) is 21.8. The molecule has 1 N–H and O–H groups in total. The summed E-state index contributed by atoms with van der Waals surface area (Å²) >= 11 is 0. The number of aryl methyl sites for hydroxylation is 1. The highest BCUT2D eigenvalue weighted by Crippen LogP contribution is 2.41. The number of carbonyl (C=O) groups is 2. The summed E-state index contributed by atoms with van der Waals surface area (Å²) in [4.78, 5) is 34.5. The van der Waals surface area contributed by atoms with Gasteiger partial charge in [0, 0.05) is 43.3 Å². The lowest BCUT2D eigenvalue weighted by Crippen LogP contribution is -2.29. The Balaban J connectivity index is 1.82. The van der Waals surface area contributed by atoms with Gasteiger partial charge in [-0.05, 0) is 86.8 Å². The number of pyridine rings is 1. The zero-order valence-corrected chi connectivity index (χ0v) is 21.8. The van der Waals surface area contributed by atoms with Crippen LogP contribution in [-0.4, -0.2) is 46.4 Å². The van der Waals surface area contributed by atoms with Gasteiger partial charge in [0.15, 0.2) is 0 Å². The van der Waals surface area contributed by atoms with E-state index < -0.39 is 17.7 Å². The van der Waals surface area contributed by atoms with E-state index in [1.54, 1.807) is 30.6 Å². The maximum absolute atomic E-state index is 13.4. The summed E-state index contributed by atoms with van der Waals surface area (Å²) in [5.41, 5.74) is 4.04. The van der Waals surface area contributed by atoms with Gasteiger partial charge in [0.1, 0.15) is 11.5 Å². The zero-order chi connectivity index (χ0) is 26.5. The van der Waals surface area contributed by atoms with Gasteiger partial charge in [0.05, 0.1) is 18.2 Å². The Hall–Kier alpha value is -4.13. The van der Waals surface area contributed by atoms with Gasteiger partial charge in [-0.2, -0.15) is 0 Å². The molecular weight excluding hydrogens is 466 g/mol. The van der Waals surface area contributed by atoms with Crippen molar-refractivity contribution in [3.8, 4) is 5.75 Å². The van der Waals surface area contributed by atoms with E-state index in [1.807, 2.05) is 50.2 Å². The average Bonchev–Trinajstić information content (AvgIpc) is 3.16. The number of hydrogen-bond acceptors (Lipinski definition) is 6. The Bertz CT molecular complexity index is 1300. The van der Waals surface area contributed by atoms with E-state index in [-0.39, 0.29) is 17.9 Å². The summed E-state index contributed by atoms with van der Waals surface area (Å²) in [5, 5.41) is 11.4. The van der Waals surface area contributed by atoms with Crippen LogP contribution in [0.1, 0.15) is 49.1 Å². The average molecular weight is 500 g/mol. The SMILES string of the molecule is CCOc1ccc(/C(O)=C2/C(=O)C(=O)N(Cc3ccncc3)C2c2ccc(N(CC)CC)cc2)cc1C. The Morgan fingerprint density at radius 3 is 2.27 bits per heavy atom. The number of aromatic nitrogens is 1. The molecule has 0 spiro atoms. The molecule has 1 atom stereocenters. The molecule has 37 heavy (non-hydrogen) atoms. The van der Waals surface area contributed by atoms with Crippen molar-refractivity contribution in [2.24, 2.45) is 0 Å². The minimum atomic E-state index is -0.731. The van der Waals surface area contributed by atoms with E-state index in [0.29, 0.717) is 17.9 Å². The molecule has 1 saturated heterocycles. The van der Waals surface area contributed by atoms with Gasteiger partial charge in [-0.3, -0.25) is 14.6 Å². The summed E-state index contributed by atoms with van der Waals surface area (Å²) in [5.74, 6) is -0.824. The van der Waals surface area contributed by atoms with Crippen molar-refractivity contribution < 1.29 is 19.4 Å². The van der Waals surface area contributed by atoms with Crippen LogP contribution in [0.3, 0.4) is 0 Å². The Kier molecular flexibility index (Phi) is 7.92. The molecule has 7 nitrogen and oxygen atoms in total. The van der Waals surface area contributed by atoms with Crippen LogP contribution >= 0.6 is 0 Å². The molecule has 1 amide bonds. The van der Waals surface area contributed by atoms with Crippen LogP contribution in [0, 0.1) is 6.92 Å². The molecule has 0 radical (unpaired) electrons. The van der Waals surface area contributed by atoms with E-state index in [1.165, 1.54) is 4.90 Å². The second-order valence-corrected chi connectivity index (χ2v) is 8.96. The number of ketones is 1. The van der Waals surface area contributed by atoms with E-state index >= 15 is 0 Å². The van der Waals surface area contributed by atoms with Crippen LogP contribution in [0.2, 0.25) is 0 Å². The van der Waals surface area contributed by atoms with Crippen LogP contribution in [-0.2, 0) is 16.1 Å². The molecule has 0 bridgehead atoms. The lowest BCUT2D eigenvalue weighted by Gasteiger charge is -2.27. The van der Waals surface area contributed by atoms with Gasteiger partial charge < -0.3 is 19.6 Å². The number of likely N-dealkylation sites (tertiary alicyclic amines) is 1. The van der Waals surface area contributed by atoms with Crippen LogP contribution in [0.4, 0.5) is 5.69 Å². The largest absolute Gasteiger partial charge is 0.507 e. The minimum absolute atomic E-state index is 0.0817. The predicted molar refractivity (Wildman–Crippen MR) is 144 cm³/mol. The van der Waals surface area contributed by atoms with E-state index in [4.69, 9.17) is 4.74 Å². The number of anilines is 1. The highest BCUT2D eigenvalue weighted by Gasteiger charge is 2.46. The van der Waals surface area contributed by atoms with Gasteiger partial charge in [0.25, 0.3) is 11.7 Å². The molecule has 192 valence electrons. The number of carbonyl (C=O) groups excluding carboxylic acids is 2. The number of nitrogens with zero attached hydrogens (tertiary/aromatic N) is 3. The molecule has 3 aromatic rings. The van der Waals surface area contributed by atoms with Crippen molar-refractivity contribution in [2.75, 3.05) is 24.6 Å². The maximum atomic E-state index is 13.4. The molecule has 1 fully saturated rings. The highest BCUT2D eigenvalue weighted by molar-refractivity contribution is 6.46. The van der Waals surface area contributed by atoms with Crippen LogP contribution in [0.15, 0.2) is 72.6 Å². The van der Waals surface area contributed by atoms with E-state index in [9.17, 15) is 14.7 Å². The fourth-order valence-corrected chi connectivity index (χ4v) is 4.80. The summed E-state index contributed by atoms with van der Waals surface area (Å²) in [6.07, 6.45) is 3.31. The molecule has 4 rings (SSSR count). The second-order valence-electron chi connectivity index (χ2n) is 8.96. The standard InChI is InChI=1S/C30H33N3O4/c1-5-32(6-2)24-11-8-22(9-12-24)27-26(28(34)23-10-13-25(37-7-3)20(4)18-23)29(35)30(36)33(27)19-21-14-16-31-17-15-21/h8-18,27,34H,5-7,19H2,1-4H3/b28-26-. The first-order chi connectivity index (χ1) is 17.9. The van der Waals surface area contributed by atoms with Gasteiger partial charge in [-0.25, -0.2) is 0 Å². The summed E-state index contributed by atoms with van der Waals surface area (Å²) in [7, 11) is 0. The maximum Gasteiger partial charge on any atom is 0.295 e. The highest BCUT2D eigenvalue weighted by atomic mass is 16.5. The topological polar surface area (TPSA) is 83.0 Å². The van der Waals surface area contributed by atoms with Crippen molar-refractivity contribution in [1.29, 1.82) is 0 Å². The smallest absolute Gasteiger partial charge is 0.295 e. The Morgan fingerprint density at radius 1 is 1.00 bits per heavy atom. The number of rotatable bonds is 9. The number of aliphatic hydroxyl groups is 1. The van der Waals surface area contributed by atoms with Gasteiger partial charge in [0.2, 0.25) is 0 Å². The molecule has 2 aromatic carbocycles. The quantitative estimate of drug-likeness (QED) is 0.246. The molecule has 1 aliphatic rings. The van der Waals surface area contributed by atoms with Crippen LogP contribution in [0.5, 0.6) is 5.75 Å². The van der Waals surface area contributed by atoms with Crippen LogP contribution in [0.25, 0.3) is 5.76 Å². The van der Waals surface area contributed by atoms with Gasteiger partial charge in [-0.1, -0.05) is 12.1 Å². The number of ether oxygens (including phenoxy) is 1. The first kappa shape index (κ1) is 25.9. The molecule has 7 heteroatoms. The third kappa shape index (κ3) is 5.21. The number of Topliss-reactive ketones (excluding diaryl/α,β-unsaturated/α-hetero) is 1. The molecule has 0 saturated carbocycles. The number of amides is 1. The predicted octanol–water partition coefficient (Wildman–Crippen LogP) is 5.26. The fourth-order valence-electron chi connectivity index (χ4n) is 4.80. The Labute approximate surface area is 218 Å². The lowest BCUT2D eigenvalue weighted by atomic mass is 9.94. The molecular formula is C30H33N3O4. The van der Waals surface area contributed by atoms with E-state index in [0.717, 1.165) is 35.5 Å². The number of hydrogen-bond donors (Lipinski definition) is 1. The molecule has 1 aromatic heterocycles. The monoisotopic (exact) mass is 499 g/mol. The molecule has 0 aliphatic carbocycles. The summed E-state index contributed by atoms with van der Waals surface area (Å²) < 4.78 is 5.62. The Morgan fingerprint density at radius 2 is 1.68 bits per heavy atom. The number of aliphatic hydroxyl groups excluding tert-OH is 1. The van der Waals surface area contributed by atoms with Crippen molar-refractivity contribution in [3.05, 3.63) is 94.8 Å². The number of benzene rings is 2. The fraction of sp³-hybridized carbons (Fsp3) is 0.300.